The molecule has 1 amide bonds. The summed E-state index contributed by atoms with van der Waals surface area (Å²) in [6.07, 6.45) is 0.878. The minimum absolute atomic E-state index is 0.0508. The summed E-state index contributed by atoms with van der Waals surface area (Å²) >= 11 is 5.89. The minimum atomic E-state index is -0.179. The monoisotopic (exact) mass is 356 g/mol. The number of nitrogens with two attached hydrogens (primary N) is 1. The number of rotatable bonds is 4. The molecule has 0 saturated carbocycles. The molecular weight excluding hydrogens is 336 g/mol. The van der Waals surface area contributed by atoms with E-state index >= 15 is 0 Å². The zero-order valence-electron chi connectivity index (χ0n) is 14.2. The molecule has 1 fully saturated rings. The minimum Gasteiger partial charge on any atom is -0.338 e. The van der Waals surface area contributed by atoms with Crippen LogP contribution in [0.4, 0.5) is 0 Å². The molecule has 1 aliphatic rings. The van der Waals surface area contributed by atoms with Gasteiger partial charge in [0.2, 0.25) is 0 Å². The van der Waals surface area contributed by atoms with Crippen molar-refractivity contribution in [2.24, 2.45) is 11.1 Å². The van der Waals surface area contributed by atoms with Crippen molar-refractivity contribution in [2.75, 3.05) is 19.6 Å². The van der Waals surface area contributed by atoms with Gasteiger partial charge in [-0.25, -0.2) is 0 Å². The van der Waals surface area contributed by atoms with Crippen molar-refractivity contribution in [3.8, 4) is 0 Å². The Kier molecular flexibility index (Phi) is 4.93. The number of hydrogen-bond acceptors (Lipinski definition) is 3. The molecule has 1 unspecified atom stereocenters. The Morgan fingerprint density at radius 3 is 2.36 bits per heavy atom. The van der Waals surface area contributed by atoms with Crippen LogP contribution in [-0.2, 0) is 0 Å². The molecule has 1 heterocycles. The van der Waals surface area contributed by atoms with E-state index in [9.17, 15) is 9.59 Å². The van der Waals surface area contributed by atoms with E-state index in [-0.39, 0.29) is 17.1 Å². The van der Waals surface area contributed by atoms with Crippen molar-refractivity contribution in [3.63, 3.8) is 0 Å². The van der Waals surface area contributed by atoms with E-state index in [1.165, 1.54) is 0 Å². The average molecular weight is 357 g/mol. The highest BCUT2D eigenvalue weighted by molar-refractivity contribution is 6.30. The zero-order valence-corrected chi connectivity index (χ0v) is 14.9. The normalized spacial score (nSPS) is 19.9. The van der Waals surface area contributed by atoms with Crippen LogP contribution < -0.4 is 5.73 Å². The Labute approximate surface area is 152 Å². The smallest absolute Gasteiger partial charge is 0.254 e. The lowest BCUT2D eigenvalue weighted by molar-refractivity contribution is 0.0772. The molecule has 1 aliphatic heterocycles. The standard InChI is InChI=1S/C20H21ClN2O2/c1-20(12-22)10-11-23(13-20)19(25)17-5-3-2-4-16(17)18(24)14-6-8-15(21)9-7-14/h2-9H,10-13,22H2,1H3. The number of carbonyl (C=O) groups is 2. The van der Waals surface area contributed by atoms with E-state index in [4.69, 9.17) is 17.3 Å². The maximum absolute atomic E-state index is 13.0. The molecule has 0 aromatic heterocycles. The summed E-state index contributed by atoms with van der Waals surface area (Å²) in [4.78, 5) is 27.6. The van der Waals surface area contributed by atoms with Crippen molar-refractivity contribution >= 4 is 23.3 Å². The predicted octanol–water partition coefficient (Wildman–Crippen LogP) is 3.38. The van der Waals surface area contributed by atoms with Gasteiger partial charge in [-0.2, -0.15) is 0 Å². The largest absolute Gasteiger partial charge is 0.338 e. The number of carbonyl (C=O) groups excluding carboxylic acids is 2. The summed E-state index contributed by atoms with van der Waals surface area (Å²) in [5.41, 5.74) is 7.14. The lowest BCUT2D eigenvalue weighted by Crippen LogP contribution is -2.35. The second-order valence-corrected chi connectivity index (χ2v) is 7.31. The van der Waals surface area contributed by atoms with Crippen LogP contribution in [0, 0.1) is 5.41 Å². The third-order valence-electron chi connectivity index (χ3n) is 4.85. The Hall–Kier alpha value is -2.17. The number of ketones is 1. The van der Waals surface area contributed by atoms with Crippen molar-refractivity contribution < 1.29 is 9.59 Å². The summed E-state index contributed by atoms with van der Waals surface area (Å²) < 4.78 is 0. The van der Waals surface area contributed by atoms with Gasteiger partial charge in [0.25, 0.3) is 5.91 Å². The summed E-state index contributed by atoms with van der Waals surface area (Å²) in [5.74, 6) is -0.295. The lowest BCUT2D eigenvalue weighted by atomic mass is 9.90. The molecule has 4 nitrogen and oxygen atoms in total. The molecule has 0 aliphatic carbocycles. The summed E-state index contributed by atoms with van der Waals surface area (Å²) in [6, 6.07) is 13.7. The molecule has 25 heavy (non-hydrogen) atoms. The molecule has 0 spiro atoms. The van der Waals surface area contributed by atoms with Crippen molar-refractivity contribution in [2.45, 2.75) is 13.3 Å². The van der Waals surface area contributed by atoms with Gasteiger partial charge in [0.1, 0.15) is 0 Å². The van der Waals surface area contributed by atoms with Crippen LogP contribution in [0.2, 0.25) is 5.02 Å². The fourth-order valence-corrected chi connectivity index (χ4v) is 3.28. The second-order valence-electron chi connectivity index (χ2n) is 6.87. The number of halogens is 1. The van der Waals surface area contributed by atoms with E-state index in [2.05, 4.69) is 6.92 Å². The molecule has 0 bridgehead atoms. The molecular formula is C20H21ClN2O2. The lowest BCUT2D eigenvalue weighted by Gasteiger charge is -2.23. The number of amides is 1. The van der Waals surface area contributed by atoms with Gasteiger partial charge in [0.15, 0.2) is 5.78 Å². The molecule has 2 aromatic rings. The van der Waals surface area contributed by atoms with Gasteiger partial charge in [0, 0.05) is 29.2 Å². The highest BCUT2D eigenvalue weighted by Gasteiger charge is 2.36. The van der Waals surface area contributed by atoms with Crippen LogP contribution in [0.3, 0.4) is 0 Å². The van der Waals surface area contributed by atoms with Crippen molar-refractivity contribution in [1.82, 2.24) is 4.90 Å². The first-order valence-electron chi connectivity index (χ1n) is 8.32. The van der Waals surface area contributed by atoms with Crippen LogP contribution >= 0.6 is 11.6 Å². The molecule has 3 rings (SSSR count). The quantitative estimate of drug-likeness (QED) is 0.854. The maximum atomic E-state index is 13.0. The summed E-state index contributed by atoms with van der Waals surface area (Å²) in [5, 5.41) is 0.569. The van der Waals surface area contributed by atoms with E-state index in [0.717, 1.165) is 6.42 Å². The molecule has 2 aromatic carbocycles. The second kappa shape index (κ2) is 6.98. The van der Waals surface area contributed by atoms with E-state index in [1.807, 2.05) is 0 Å². The third-order valence-corrected chi connectivity index (χ3v) is 5.10. The SMILES string of the molecule is CC1(CN)CCN(C(=O)c2ccccc2C(=O)c2ccc(Cl)cc2)C1. The van der Waals surface area contributed by atoms with Gasteiger partial charge in [-0.1, -0.05) is 36.7 Å². The van der Waals surface area contributed by atoms with E-state index < -0.39 is 0 Å². The molecule has 130 valence electrons. The highest BCUT2D eigenvalue weighted by Crippen LogP contribution is 2.30. The van der Waals surface area contributed by atoms with Crippen LogP contribution in [-0.4, -0.2) is 36.2 Å². The van der Waals surface area contributed by atoms with E-state index in [1.54, 1.807) is 53.4 Å². The Morgan fingerprint density at radius 2 is 1.76 bits per heavy atom. The van der Waals surface area contributed by atoms with Crippen LogP contribution in [0.25, 0.3) is 0 Å². The van der Waals surface area contributed by atoms with Crippen LogP contribution in [0.1, 0.15) is 39.6 Å². The fraction of sp³-hybridized carbons (Fsp3) is 0.300. The van der Waals surface area contributed by atoms with Gasteiger partial charge in [-0.3, -0.25) is 9.59 Å². The van der Waals surface area contributed by atoms with Gasteiger partial charge in [0.05, 0.1) is 5.56 Å². The molecule has 5 heteroatoms. The fourth-order valence-electron chi connectivity index (χ4n) is 3.16. The summed E-state index contributed by atoms with van der Waals surface area (Å²) in [6.45, 7) is 3.91. The van der Waals surface area contributed by atoms with Crippen molar-refractivity contribution in [3.05, 3.63) is 70.2 Å². The Balaban J connectivity index is 1.90. The summed E-state index contributed by atoms with van der Waals surface area (Å²) in [7, 11) is 0. The molecule has 1 atom stereocenters. The van der Waals surface area contributed by atoms with E-state index in [0.29, 0.717) is 41.3 Å². The maximum Gasteiger partial charge on any atom is 0.254 e. The highest BCUT2D eigenvalue weighted by atomic mass is 35.5. The Morgan fingerprint density at radius 1 is 1.12 bits per heavy atom. The van der Waals surface area contributed by atoms with Crippen LogP contribution in [0.15, 0.2) is 48.5 Å². The molecule has 0 radical (unpaired) electrons. The number of benzene rings is 2. The number of likely N-dealkylation sites (tertiary alicyclic amines) is 1. The molecule has 1 saturated heterocycles. The first-order chi connectivity index (χ1) is 11.9. The first kappa shape index (κ1) is 17.6. The van der Waals surface area contributed by atoms with Gasteiger partial charge < -0.3 is 10.6 Å². The topological polar surface area (TPSA) is 63.4 Å². The Bertz CT molecular complexity index is 804. The van der Waals surface area contributed by atoms with Crippen LogP contribution in [0.5, 0.6) is 0 Å². The predicted molar refractivity (Wildman–Crippen MR) is 99.0 cm³/mol. The van der Waals surface area contributed by atoms with Gasteiger partial charge >= 0.3 is 0 Å². The first-order valence-corrected chi connectivity index (χ1v) is 8.70. The zero-order chi connectivity index (χ0) is 18.0. The van der Waals surface area contributed by atoms with Gasteiger partial charge in [-0.15, -0.1) is 0 Å². The molecule has 2 N–H and O–H groups in total. The average Bonchev–Trinajstić information content (AvgIpc) is 3.04. The van der Waals surface area contributed by atoms with Gasteiger partial charge in [-0.05, 0) is 48.7 Å². The van der Waals surface area contributed by atoms with Crippen molar-refractivity contribution in [1.29, 1.82) is 0 Å². The number of nitrogens with zero attached hydrogens (tertiary/aromatic N) is 1. The number of hydrogen-bond donors (Lipinski definition) is 1. The third kappa shape index (κ3) is 3.60.